The highest BCUT2D eigenvalue weighted by Crippen LogP contribution is 2.34. The number of anilines is 2. The fraction of sp³-hybridized carbons (Fsp3) is 0.154. The van der Waals surface area contributed by atoms with Gasteiger partial charge in [-0.15, -0.1) is 0 Å². The van der Waals surface area contributed by atoms with Gasteiger partial charge in [-0.25, -0.2) is 9.59 Å². The highest BCUT2D eigenvalue weighted by atomic mass is 19.4. The van der Waals surface area contributed by atoms with E-state index in [0.29, 0.717) is 44.8 Å². The molecule has 0 aliphatic heterocycles. The van der Waals surface area contributed by atoms with Crippen molar-refractivity contribution in [3.8, 4) is 45.6 Å². The first-order chi connectivity index (χ1) is 33.2. The van der Waals surface area contributed by atoms with Gasteiger partial charge >= 0.3 is 24.3 Å². The number of halogens is 6. The van der Waals surface area contributed by atoms with E-state index >= 15 is 0 Å². The predicted octanol–water partition coefficient (Wildman–Crippen LogP) is 10.5. The summed E-state index contributed by atoms with van der Waals surface area (Å²) >= 11 is 0. The van der Waals surface area contributed by atoms with Crippen molar-refractivity contribution in [3.63, 3.8) is 0 Å². The number of nitrogens with two attached hydrogens (primary N) is 2. The van der Waals surface area contributed by atoms with Crippen LogP contribution in [0.3, 0.4) is 0 Å². The molecule has 0 unspecified atom stereocenters. The molecule has 0 bridgehead atoms. The molecule has 6 rings (SSSR count). The fourth-order valence-electron chi connectivity index (χ4n) is 6.68. The standard InChI is InChI=1S/C52H42F6N2O10/c1-65-47-23-31(5-21-45(47)69-49(63)33-7-15-41(16-8-33)67-29-51(53,54)55)3-13-39(61)27-35-25-37(59)11-19-43(35)44-20-12-38(60)26-36(44)28-40(62)14-4-32-6-22-46(48(24-32)66-2)70-50(64)34-9-17-42(18-10-34)68-30-52(56,57)58/h3-26H,27-30,59-60H2,1-2H3/b13-3+,14-4+. The minimum Gasteiger partial charge on any atom is -0.493 e. The summed E-state index contributed by atoms with van der Waals surface area (Å²) in [5.74, 6) is -1.94. The average Bonchev–Trinajstić information content (AvgIpc) is 3.32. The molecule has 362 valence electrons. The number of nitrogen functional groups attached to an aromatic ring is 2. The molecule has 0 spiro atoms. The maximum Gasteiger partial charge on any atom is 0.422 e. The summed E-state index contributed by atoms with van der Waals surface area (Å²) in [5, 5.41) is 0. The van der Waals surface area contributed by atoms with E-state index in [9.17, 15) is 45.5 Å². The van der Waals surface area contributed by atoms with Crippen molar-refractivity contribution >= 4 is 47.0 Å². The number of ketones is 2. The van der Waals surface area contributed by atoms with Crippen LogP contribution in [0.1, 0.15) is 43.0 Å². The smallest absolute Gasteiger partial charge is 0.422 e. The quantitative estimate of drug-likeness (QED) is 0.0259. The second kappa shape index (κ2) is 22.5. The van der Waals surface area contributed by atoms with Crippen LogP contribution in [0.2, 0.25) is 0 Å². The lowest BCUT2D eigenvalue weighted by atomic mass is 9.90. The molecule has 0 fully saturated rings. The van der Waals surface area contributed by atoms with Crippen molar-refractivity contribution in [2.45, 2.75) is 25.2 Å². The highest BCUT2D eigenvalue weighted by Gasteiger charge is 2.29. The number of hydrogen-bond donors (Lipinski definition) is 2. The Balaban J connectivity index is 1.10. The summed E-state index contributed by atoms with van der Waals surface area (Å²) in [4.78, 5) is 52.5. The molecule has 0 aliphatic rings. The van der Waals surface area contributed by atoms with Gasteiger partial charge in [0.2, 0.25) is 0 Å². The number of esters is 2. The third kappa shape index (κ3) is 14.7. The first-order valence-corrected chi connectivity index (χ1v) is 20.8. The topological polar surface area (TPSA) is 176 Å². The number of benzene rings is 6. The van der Waals surface area contributed by atoms with Gasteiger partial charge in [0.25, 0.3) is 0 Å². The van der Waals surface area contributed by atoms with E-state index in [0.717, 1.165) is 0 Å². The molecule has 0 heterocycles. The number of ether oxygens (including phenoxy) is 6. The van der Waals surface area contributed by atoms with Gasteiger partial charge in [0.1, 0.15) is 11.5 Å². The largest absolute Gasteiger partial charge is 0.493 e. The molecule has 0 saturated carbocycles. The van der Waals surface area contributed by atoms with Gasteiger partial charge in [-0.05, 0) is 143 Å². The van der Waals surface area contributed by atoms with Crippen LogP contribution in [0.25, 0.3) is 23.3 Å². The van der Waals surface area contributed by atoms with Crippen LogP contribution < -0.4 is 39.9 Å². The lowest BCUT2D eigenvalue weighted by molar-refractivity contribution is -0.154. The van der Waals surface area contributed by atoms with Crippen molar-refractivity contribution in [2.24, 2.45) is 0 Å². The van der Waals surface area contributed by atoms with Gasteiger partial charge in [-0.2, -0.15) is 26.3 Å². The molecule has 0 amide bonds. The zero-order chi connectivity index (χ0) is 50.6. The van der Waals surface area contributed by atoms with Crippen LogP contribution in [-0.2, 0) is 22.4 Å². The summed E-state index contributed by atoms with van der Waals surface area (Å²) < 4.78 is 106. The van der Waals surface area contributed by atoms with E-state index in [1.807, 2.05) is 0 Å². The minimum absolute atomic E-state index is 0.0484. The lowest BCUT2D eigenvalue weighted by Crippen LogP contribution is -2.19. The number of methoxy groups -OCH3 is 2. The Labute approximate surface area is 396 Å². The Morgan fingerprint density at radius 1 is 0.486 bits per heavy atom. The molecule has 0 saturated heterocycles. The highest BCUT2D eigenvalue weighted by molar-refractivity contribution is 5.98. The predicted molar refractivity (Wildman–Crippen MR) is 248 cm³/mol. The van der Waals surface area contributed by atoms with Gasteiger partial charge in [0.05, 0.1) is 25.3 Å². The average molecular weight is 969 g/mol. The van der Waals surface area contributed by atoms with E-state index in [4.69, 9.17) is 30.4 Å². The first-order valence-electron chi connectivity index (χ1n) is 20.8. The maximum atomic E-state index is 13.5. The summed E-state index contributed by atoms with van der Waals surface area (Å²) in [6, 6.07) is 29.2. The Morgan fingerprint density at radius 2 is 0.857 bits per heavy atom. The molecule has 0 aliphatic carbocycles. The number of allylic oxidation sites excluding steroid dienone is 2. The second-order valence-electron chi connectivity index (χ2n) is 15.2. The molecule has 6 aromatic rings. The van der Waals surface area contributed by atoms with Crippen LogP contribution in [0.4, 0.5) is 37.7 Å². The van der Waals surface area contributed by atoms with Crippen LogP contribution in [-0.4, -0.2) is 63.3 Å². The van der Waals surface area contributed by atoms with Crippen molar-refractivity contribution in [2.75, 3.05) is 38.9 Å². The minimum atomic E-state index is -4.52. The van der Waals surface area contributed by atoms with Gasteiger partial charge in [0, 0.05) is 24.2 Å². The number of rotatable bonds is 19. The van der Waals surface area contributed by atoms with Gasteiger partial charge < -0.3 is 39.9 Å². The Hall–Kier alpha value is -8.54. The number of carbonyl (C=O) groups excluding carboxylic acids is 4. The van der Waals surface area contributed by atoms with Gasteiger partial charge in [0.15, 0.2) is 47.8 Å². The van der Waals surface area contributed by atoms with Gasteiger partial charge in [-0.1, -0.05) is 36.4 Å². The number of alkyl halides is 6. The fourth-order valence-corrected chi connectivity index (χ4v) is 6.68. The maximum absolute atomic E-state index is 13.5. The lowest BCUT2D eigenvalue weighted by Gasteiger charge is -2.15. The second-order valence-corrected chi connectivity index (χ2v) is 15.2. The van der Waals surface area contributed by atoms with Crippen molar-refractivity contribution < 1.29 is 73.9 Å². The molecule has 0 aromatic heterocycles. The molecule has 6 aromatic carbocycles. The van der Waals surface area contributed by atoms with Crippen LogP contribution in [0.15, 0.2) is 133 Å². The summed E-state index contributed by atoms with van der Waals surface area (Å²) in [5.41, 5.74) is 16.7. The molecular formula is C52H42F6N2O10. The summed E-state index contributed by atoms with van der Waals surface area (Å²) in [6.45, 7) is -2.96. The number of hydrogen-bond acceptors (Lipinski definition) is 12. The summed E-state index contributed by atoms with van der Waals surface area (Å²) in [7, 11) is 2.71. The monoisotopic (exact) mass is 968 g/mol. The van der Waals surface area contributed by atoms with E-state index in [1.165, 1.54) is 87.0 Å². The van der Waals surface area contributed by atoms with Crippen molar-refractivity contribution in [1.29, 1.82) is 0 Å². The van der Waals surface area contributed by atoms with Crippen LogP contribution in [0, 0.1) is 0 Å². The molecule has 70 heavy (non-hydrogen) atoms. The number of carbonyl (C=O) groups is 4. The Kier molecular flexibility index (Phi) is 16.4. The molecule has 4 N–H and O–H groups in total. The Morgan fingerprint density at radius 3 is 1.20 bits per heavy atom. The molecule has 0 radical (unpaired) electrons. The van der Waals surface area contributed by atoms with Crippen LogP contribution in [0.5, 0.6) is 34.5 Å². The molecular weight excluding hydrogens is 927 g/mol. The first kappa shape index (κ1) is 50.9. The zero-order valence-electron chi connectivity index (χ0n) is 37.2. The van der Waals surface area contributed by atoms with E-state index in [2.05, 4.69) is 9.47 Å². The molecule has 18 heteroatoms. The zero-order valence-corrected chi connectivity index (χ0v) is 37.2. The molecule has 12 nitrogen and oxygen atoms in total. The van der Waals surface area contributed by atoms with E-state index in [-0.39, 0.29) is 70.0 Å². The third-order valence-corrected chi connectivity index (χ3v) is 9.97. The SMILES string of the molecule is COc1cc(/C=C/C(=O)Cc2cc(N)ccc2-c2ccc(N)cc2CC(=O)/C=C/c2ccc(OC(=O)c3ccc(OCC(F)(F)F)cc3)c(OC)c2)ccc1OC(=O)c1ccc(OCC(F)(F)F)cc1. The normalized spacial score (nSPS) is 11.6. The Bertz CT molecular complexity index is 2730. The molecule has 0 atom stereocenters. The third-order valence-electron chi connectivity index (χ3n) is 9.97. The van der Waals surface area contributed by atoms with Crippen molar-refractivity contribution in [3.05, 3.63) is 167 Å². The van der Waals surface area contributed by atoms with Gasteiger partial charge in [-0.3, -0.25) is 9.59 Å². The van der Waals surface area contributed by atoms with Crippen molar-refractivity contribution in [1.82, 2.24) is 0 Å². The van der Waals surface area contributed by atoms with Crippen LogP contribution >= 0.6 is 0 Å². The van der Waals surface area contributed by atoms with E-state index in [1.54, 1.807) is 72.8 Å². The summed E-state index contributed by atoms with van der Waals surface area (Å²) in [6.07, 6.45) is -3.39. The van der Waals surface area contributed by atoms with E-state index < -0.39 is 37.5 Å².